The minimum atomic E-state index is -0.0666. The predicted molar refractivity (Wildman–Crippen MR) is 66.1 cm³/mol. The Labute approximate surface area is 101 Å². The average molecular weight is 242 g/mol. The Hall–Kier alpha value is -0.680. The van der Waals surface area contributed by atoms with Gasteiger partial charge in [-0.2, -0.15) is 0 Å². The third kappa shape index (κ3) is 3.76. The topological polar surface area (TPSA) is 26.0 Å². The quantitative estimate of drug-likeness (QED) is 0.630. The van der Waals surface area contributed by atoms with Crippen molar-refractivity contribution in [1.82, 2.24) is 0 Å². The monoisotopic (exact) mass is 241 g/mol. The molecule has 1 aromatic carbocycles. The van der Waals surface area contributed by atoms with Crippen molar-refractivity contribution >= 4 is 23.2 Å². The van der Waals surface area contributed by atoms with Crippen LogP contribution < -0.4 is 5.73 Å². The van der Waals surface area contributed by atoms with Crippen molar-refractivity contribution < 1.29 is 0 Å². The number of hydrogen-bond acceptors (Lipinski definition) is 1. The van der Waals surface area contributed by atoms with Crippen LogP contribution in [0.25, 0.3) is 0 Å². The number of rotatable bonds is 4. The molecular weight excluding hydrogens is 229 g/mol. The summed E-state index contributed by atoms with van der Waals surface area (Å²) in [6, 6.07) is 5.30. The van der Waals surface area contributed by atoms with Gasteiger partial charge >= 0.3 is 0 Å². The fourth-order valence-electron chi connectivity index (χ4n) is 1.38. The molecule has 0 bridgehead atoms. The molecule has 1 nitrogen and oxygen atoms in total. The van der Waals surface area contributed by atoms with Crippen LogP contribution in [0, 0.1) is 12.3 Å². The molecule has 1 unspecified atom stereocenters. The highest BCUT2D eigenvalue weighted by Crippen LogP contribution is 2.27. The molecule has 1 aromatic rings. The Morgan fingerprint density at radius 2 is 2.13 bits per heavy atom. The molecule has 0 aliphatic carbocycles. The molecule has 0 aliphatic rings. The number of terminal acetylenes is 1. The van der Waals surface area contributed by atoms with E-state index in [4.69, 9.17) is 35.4 Å². The molecule has 3 heteroatoms. The molecule has 1 atom stereocenters. The minimum absolute atomic E-state index is 0.0666. The zero-order chi connectivity index (χ0) is 11.3. The van der Waals surface area contributed by atoms with Gasteiger partial charge in [0.1, 0.15) is 0 Å². The first-order valence-corrected chi connectivity index (χ1v) is 5.54. The van der Waals surface area contributed by atoms with E-state index in [1.807, 2.05) is 6.07 Å². The van der Waals surface area contributed by atoms with Crippen LogP contribution in [-0.4, -0.2) is 0 Å². The largest absolute Gasteiger partial charge is 0.324 e. The van der Waals surface area contributed by atoms with Gasteiger partial charge in [-0.3, -0.25) is 0 Å². The summed E-state index contributed by atoms with van der Waals surface area (Å²) in [5.74, 6) is 2.59. The summed E-state index contributed by atoms with van der Waals surface area (Å²) < 4.78 is 0. The summed E-state index contributed by atoms with van der Waals surface area (Å²) in [6.07, 6.45) is 7.67. The van der Waals surface area contributed by atoms with Gasteiger partial charge in [0, 0.05) is 22.5 Å². The number of benzene rings is 1. The van der Waals surface area contributed by atoms with E-state index in [1.54, 1.807) is 12.1 Å². The molecule has 0 saturated carbocycles. The lowest BCUT2D eigenvalue weighted by Gasteiger charge is -2.13. The van der Waals surface area contributed by atoms with E-state index in [0.717, 1.165) is 24.8 Å². The second-order valence-electron chi connectivity index (χ2n) is 3.37. The van der Waals surface area contributed by atoms with Gasteiger partial charge in [-0.05, 0) is 30.5 Å². The minimum Gasteiger partial charge on any atom is -0.324 e. The van der Waals surface area contributed by atoms with Crippen LogP contribution >= 0.6 is 23.2 Å². The van der Waals surface area contributed by atoms with Crippen molar-refractivity contribution in [3.05, 3.63) is 33.8 Å². The number of unbranched alkanes of at least 4 members (excludes halogenated alkanes) is 1. The third-order valence-electron chi connectivity index (χ3n) is 2.20. The van der Waals surface area contributed by atoms with Crippen molar-refractivity contribution in [2.45, 2.75) is 25.3 Å². The highest BCUT2D eigenvalue weighted by Gasteiger charge is 2.09. The smallest absolute Gasteiger partial charge is 0.0468 e. The van der Waals surface area contributed by atoms with Gasteiger partial charge in [0.05, 0.1) is 0 Å². The highest BCUT2D eigenvalue weighted by atomic mass is 35.5. The summed E-state index contributed by atoms with van der Waals surface area (Å²) >= 11 is 11.8. The summed E-state index contributed by atoms with van der Waals surface area (Å²) in [5.41, 5.74) is 6.92. The Morgan fingerprint density at radius 3 is 2.73 bits per heavy atom. The zero-order valence-electron chi connectivity index (χ0n) is 8.34. The maximum Gasteiger partial charge on any atom is 0.0468 e. The fourth-order valence-corrected chi connectivity index (χ4v) is 1.93. The summed E-state index contributed by atoms with van der Waals surface area (Å²) in [6.45, 7) is 0. The lowest BCUT2D eigenvalue weighted by molar-refractivity contribution is 0.621. The molecule has 80 valence electrons. The first-order valence-electron chi connectivity index (χ1n) is 4.79. The van der Waals surface area contributed by atoms with Gasteiger partial charge in [0.2, 0.25) is 0 Å². The van der Waals surface area contributed by atoms with Crippen LogP contribution in [0.2, 0.25) is 10.0 Å². The fraction of sp³-hybridized carbons (Fsp3) is 0.333. The molecule has 0 aromatic heterocycles. The lowest BCUT2D eigenvalue weighted by Crippen LogP contribution is -2.10. The Bertz CT molecular complexity index is 368. The van der Waals surface area contributed by atoms with Gasteiger partial charge in [-0.25, -0.2) is 0 Å². The Kier molecular flexibility index (Phi) is 4.98. The van der Waals surface area contributed by atoms with Crippen LogP contribution in [0.15, 0.2) is 18.2 Å². The molecule has 0 aliphatic heterocycles. The van der Waals surface area contributed by atoms with Gasteiger partial charge in [0.25, 0.3) is 0 Å². The molecule has 0 amide bonds. The van der Waals surface area contributed by atoms with E-state index in [1.165, 1.54) is 0 Å². The molecule has 0 fully saturated rings. The molecule has 2 N–H and O–H groups in total. The van der Waals surface area contributed by atoms with Gasteiger partial charge in [-0.15, -0.1) is 12.3 Å². The Morgan fingerprint density at radius 1 is 1.40 bits per heavy atom. The predicted octanol–water partition coefficient (Wildman–Crippen LogP) is 3.80. The van der Waals surface area contributed by atoms with E-state index in [9.17, 15) is 0 Å². The summed E-state index contributed by atoms with van der Waals surface area (Å²) in [4.78, 5) is 0. The molecule has 0 saturated heterocycles. The number of nitrogens with two attached hydrogens (primary N) is 1. The maximum absolute atomic E-state index is 6.03. The van der Waals surface area contributed by atoms with E-state index in [-0.39, 0.29) is 6.04 Å². The molecular formula is C12H13Cl2N. The Balaban J connectivity index is 2.66. The van der Waals surface area contributed by atoms with E-state index >= 15 is 0 Å². The lowest BCUT2D eigenvalue weighted by atomic mass is 10.0. The van der Waals surface area contributed by atoms with Gasteiger partial charge in [-0.1, -0.05) is 29.3 Å². The van der Waals surface area contributed by atoms with E-state index < -0.39 is 0 Å². The summed E-state index contributed by atoms with van der Waals surface area (Å²) in [5, 5.41) is 1.25. The second kappa shape index (κ2) is 6.02. The van der Waals surface area contributed by atoms with Crippen molar-refractivity contribution in [2.24, 2.45) is 5.73 Å². The van der Waals surface area contributed by atoms with Crippen molar-refractivity contribution in [2.75, 3.05) is 0 Å². The normalized spacial score (nSPS) is 12.1. The van der Waals surface area contributed by atoms with Crippen LogP contribution in [0.3, 0.4) is 0 Å². The van der Waals surface area contributed by atoms with Crippen molar-refractivity contribution in [3.8, 4) is 12.3 Å². The van der Waals surface area contributed by atoms with Crippen LogP contribution in [-0.2, 0) is 0 Å². The highest BCUT2D eigenvalue weighted by molar-refractivity contribution is 6.35. The molecule has 0 spiro atoms. The van der Waals surface area contributed by atoms with Crippen LogP contribution in [0.4, 0.5) is 0 Å². The second-order valence-corrected chi connectivity index (χ2v) is 4.21. The first kappa shape index (κ1) is 12.4. The first-order chi connectivity index (χ1) is 7.15. The number of hydrogen-bond donors (Lipinski definition) is 1. The molecule has 0 radical (unpaired) electrons. The number of halogens is 2. The molecule has 0 heterocycles. The summed E-state index contributed by atoms with van der Waals surface area (Å²) in [7, 11) is 0. The molecule has 1 rings (SSSR count). The van der Waals surface area contributed by atoms with Crippen LogP contribution in [0.1, 0.15) is 30.9 Å². The van der Waals surface area contributed by atoms with Crippen molar-refractivity contribution in [3.63, 3.8) is 0 Å². The van der Waals surface area contributed by atoms with Crippen molar-refractivity contribution in [1.29, 1.82) is 0 Å². The molecule has 15 heavy (non-hydrogen) atoms. The maximum atomic E-state index is 6.03. The van der Waals surface area contributed by atoms with Crippen LogP contribution in [0.5, 0.6) is 0 Å². The zero-order valence-corrected chi connectivity index (χ0v) is 9.85. The van der Waals surface area contributed by atoms with Gasteiger partial charge < -0.3 is 5.73 Å². The van der Waals surface area contributed by atoms with E-state index in [2.05, 4.69) is 5.92 Å². The average Bonchev–Trinajstić information content (AvgIpc) is 2.17. The standard InChI is InChI=1S/C12H13Cl2N/c1-2-3-4-5-12(15)10-7-6-9(13)8-11(10)14/h1,6-8,12H,3-5,15H2. The van der Waals surface area contributed by atoms with E-state index in [0.29, 0.717) is 10.0 Å². The SMILES string of the molecule is C#CCCCC(N)c1ccc(Cl)cc1Cl. The van der Waals surface area contributed by atoms with Gasteiger partial charge in [0.15, 0.2) is 0 Å². The third-order valence-corrected chi connectivity index (χ3v) is 2.76.